The second-order valence-corrected chi connectivity index (χ2v) is 6.30. The third-order valence-electron chi connectivity index (χ3n) is 4.62. The van der Waals surface area contributed by atoms with E-state index >= 15 is 0 Å². The maximum atomic E-state index is 5.23. The fraction of sp³-hybridized carbons (Fsp3) is 0.875. The van der Waals surface area contributed by atoms with Crippen LogP contribution in [0.4, 0.5) is 0 Å². The molecule has 2 rings (SSSR count). The van der Waals surface area contributed by atoms with E-state index < -0.39 is 0 Å². The number of nitrogens with zero attached hydrogens (tertiary/aromatic N) is 2. The van der Waals surface area contributed by atoms with Gasteiger partial charge in [-0.2, -0.15) is 0 Å². The molecule has 0 aromatic rings. The molecule has 0 saturated carbocycles. The first-order valence-electron chi connectivity index (χ1n) is 7.82. The van der Waals surface area contributed by atoms with Gasteiger partial charge in [-0.15, -0.1) is 0 Å². The molecule has 3 atom stereocenters. The van der Waals surface area contributed by atoms with Gasteiger partial charge in [0.05, 0.1) is 6.61 Å². The highest BCUT2D eigenvalue weighted by molar-refractivity contribution is 4.92. The quantitative estimate of drug-likeness (QED) is 0.711. The Morgan fingerprint density at radius 2 is 1.89 bits per heavy atom. The molecule has 0 amide bonds. The van der Waals surface area contributed by atoms with Crippen molar-refractivity contribution in [1.82, 2.24) is 9.80 Å². The number of allylic oxidation sites excluding steroid dienone is 2. The van der Waals surface area contributed by atoms with Crippen molar-refractivity contribution in [1.29, 1.82) is 0 Å². The Morgan fingerprint density at radius 3 is 2.47 bits per heavy atom. The Bertz CT molecular complexity index is 280. The van der Waals surface area contributed by atoms with Gasteiger partial charge in [0.15, 0.2) is 0 Å². The van der Waals surface area contributed by atoms with Gasteiger partial charge in [0, 0.05) is 45.4 Å². The fourth-order valence-electron chi connectivity index (χ4n) is 3.64. The van der Waals surface area contributed by atoms with E-state index in [9.17, 15) is 0 Å². The Hall–Kier alpha value is -0.380. The van der Waals surface area contributed by atoms with Gasteiger partial charge in [-0.3, -0.25) is 9.80 Å². The van der Waals surface area contributed by atoms with E-state index in [-0.39, 0.29) is 0 Å². The molecule has 0 unspecified atom stereocenters. The molecule has 0 bridgehead atoms. The molecule has 0 spiro atoms. The molecule has 110 valence electrons. The summed E-state index contributed by atoms with van der Waals surface area (Å²) < 4.78 is 5.23. The predicted octanol–water partition coefficient (Wildman–Crippen LogP) is 2.38. The maximum Gasteiger partial charge on any atom is 0.0589 e. The lowest BCUT2D eigenvalue weighted by atomic mass is 9.93. The van der Waals surface area contributed by atoms with Crippen LogP contribution in [0.2, 0.25) is 0 Å². The highest BCUT2D eigenvalue weighted by Gasteiger charge is 2.29. The summed E-state index contributed by atoms with van der Waals surface area (Å²) in [5.41, 5.74) is 0. The van der Waals surface area contributed by atoms with E-state index in [1.807, 2.05) is 0 Å². The van der Waals surface area contributed by atoms with Crippen molar-refractivity contribution in [2.75, 3.05) is 39.9 Å². The average molecular weight is 266 g/mol. The van der Waals surface area contributed by atoms with Crippen molar-refractivity contribution in [3.8, 4) is 0 Å². The van der Waals surface area contributed by atoms with Crippen LogP contribution in [0.15, 0.2) is 12.2 Å². The summed E-state index contributed by atoms with van der Waals surface area (Å²) in [4.78, 5) is 5.28. The molecule has 1 aliphatic heterocycles. The molecule has 0 N–H and O–H groups in total. The third kappa shape index (κ3) is 4.30. The summed E-state index contributed by atoms with van der Waals surface area (Å²) in [6, 6.07) is 1.30. The summed E-state index contributed by atoms with van der Waals surface area (Å²) in [6.45, 7) is 10.4. The minimum absolute atomic E-state index is 0.651. The molecule has 1 aliphatic carbocycles. The van der Waals surface area contributed by atoms with Crippen LogP contribution in [-0.4, -0.2) is 61.8 Å². The van der Waals surface area contributed by atoms with Crippen molar-refractivity contribution in [3.63, 3.8) is 0 Å². The topological polar surface area (TPSA) is 15.7 Å². The summed E-state index contributed by atoms with van der Waals surface area (Å²) >= 11 is 0. The Morgan fingerprint density at radius 1 is 1.16 bits per heavy atom. The lowest BCUT2D eigenvalue weighted by Gasteiger charge is -2.45. The highest BCUT2D eigenvalue weighted by Crippen LogP contribution is 2.22. The second kappa shape index (κ2) is 7.41. The number of methoxy groups -OCH3 is 1. The molecule has 0 aromatic heterocycles. The Balaban J connectivity index is 1.81. The summed E-state index contributed by atoms with van der Waals surface area (Å²) in [5, 5.41) is 0. The molecule has 3 heteroatoms. The molecule has 0 aromatic carbocycles. The van der Waals surface area contributed by atoms with Gasteiger partial charge in [-0.05, 0) is 39.0 Å². The fourth-order valence-corrected chi connectivity index (χ4v) is 3.64. The first-order valence-corrected chi connectivity index (χ1v) is 7.82. The lowest BCUT2D eigenvalue weighted by molar-refractivity contribution is 0.0147. The van der Waals surface area contributed by atoms with Crippen LogP contribution in [0.5, 0.6) is 0 Å². The molecule has 1 fully saturated rings. The number of hydrogen-bond acceptors (Lipinski definition) is 3. The van der Waals surface area contributed by atoms with Crippen LogP contribution in [0, 0.1) is 5.92 Å². The zero-order valence-electron chi connectivity index (χ0n) is 12.8. The molecule has 1 saturated heterocycles. The molecular weight excluding hydrogens is 236 g/mol. The standard InChI is InChI=1S/C16H30N2O/c1-14-11-17(13-16-7-5-4-6-8-16)12-15(2)18(14)9-10-19-3/h4-5,14-16H,6-13H2,1-3H3/t14-,15+,16-/m0/s1. The number of ether oxygens (including phenoxy) is 1. The molecule has 19 heavy (non-hydrogen) atoms. The van der Waals surface area contributed by atoms with Crippen LogP contribution in [0.1, 0.15) is 33.1 Å². The lowest BCUT2D eigenvalue weighted by Crippen LogP contribution is -2.57. The first kappa shape index (κ1) is 15.0. The summed E-state index contributed by atoms with van der Waals surface area (Å²) in [5.74, 6) is 0.884. The minimum atomic E-state index is 0.651. The second-order valence-electron chi connectivity index (χ2n) is 6.30. The van der Waals surface area contributed by atoms with Gasteiger partial charge < -0.3 is 4.74 Å². The number of rotatable bonds is 5. The predicted molar refractivity (Wildman–Crippen MR) is 80.4 cm³/mol. The number of hydrogen-bond donors (Lipinski definition) is 0. The van der Waals surface area contributed by atoms with Crippen LogP contribution < -0.4 is 0 Å². The van der Waals surface area contributed by atoms with Gasteiger partial charge in [0.25, 0.3) is 0 Å². The highest BCUT2D eigenvalue weighted by atomic mass is 16.5. The van der Waals surface area contributed by atoms with E-state index in [0.717, 1.165) is 19.1 Å². The molecule has 0 radical (unpaired) electrons. The van der Waals surface area contributed by atoms with Gasteiger partial charge in [-0.1, -0.05) is 12.2 Å². The van der Waals surface area contributed by atoms with E-state index in [2.05, 4.69) is 35.8 Å². The Labute approximate surface area is 118 Å². The van der Waals surface area contributed by atoms with Crippen molar-refractivity contribution in [2.45, 2.75) is 45.2 Å². The van der Waals surface area contributed by atoms with Gasteiger partial charge in [0.2, 0.25) is 0 Å². The average Bonchev–Trinajstić information content (AvgIpc) is 2.39. The monoisotopic (exact) mass is 266 g/mol. The maximum absolute atomic E-state index is 5.23. The van der Waals surface area contributed by atoms with Crippen molar-refractivity contribution in [3.05, 3.63) is 12.2 Å². The Kier molecular flexibility index (Phi) is 5.86. The van der Waals surface area contributed by atoms with E-state index in [4.69, 9.17) is 4.74 Å². The van der Waals surface area contributed by atoms with Gasteiger partial charge in [0.1, 0.15) is 0 Å². The third-order valence-corrected chi connectivity index (χ3v) is 4.62. The van der Waals surface area contributed by atoms with Crippen molar-refractivity contribution in [2.24, 2.45) is 5.92 Å². The molecular formula is C16H30N2O. The van der Waals surface area contributed by atoms with Crippen LogP contribution in [-0.2, 0) is 4.74 Å². The molecule has 1 heterocycles. The minimum Gasteiger partial charge on any atom is -0.383 e. The molecule has 2 aliphatic rings. The van der Waals surface area contributed by atoms with Crippen LogP contribution in [0.25, 0.3) is 0 Å². The summed E-state index contributed by atoms with van der Waals surface area (Å²) in [7, 11) is 1.79. The van der Waals surface area contributed by atoms with Crippen LogP contribution in [0.3, 0.4) is 0 Å². The largest absolute Gasteiger partial charge is 0.383 e. The van der Waals surface area contributed by atoms with Gasteiger partial charge in [-0.25, -0.2) is 0 Å². The van der Waals surface area contributed by atoms with Crippen molar-refractivity contribution < 1.29 is 4.74 Å². The zero-order chi connectivity index (χ0) is 13.7. The SMILES string of the molecule is COCCN1[C@H](C)CN(C[C@H]2CC=CCC2)C[C@@H]1C. The number of piperazine rings is 1. The smallest absolute Gasteiger partial charge is 0.0589 e. The van der Waals surface area contributed by atoms with E-state index in [1.165, 1.54) is 38.9 Å². The zero-order valence-corrected chi connectivity index (χ0v) is 12.8. The van der Waals surface area contributed by atoms with Crippen molar-refractivity contribution >= 4 is 0 Å². The normalized spacial score (nSPS) is 33.7. The van der Waals surface area contributed by atoms with E-state index in [1.54, 1.807) is 7.11 Å². The van der Waals surface area contributed by atoms with E-state index in [0.29, 0.717) is 12.1 Å². The van der Waals surface area contributed by atoms with Gasteiger partial charge >= 0.3 is 0 Å². The molecule has 3 nitrogen and oxygen atoms in total. The first-order chi connectivity index (χ1) is 9.20. The summed E-state index contributed by atoms with van der Waals surface area (Å²) in [6.07, 6.45) is 8.65. The van der Waals surface area contributed by atoms with Crippen LogP contribution >= 0.6 is 0 Å².